The monoisotopic (exact) mass is 418 g/mol. The topological polar surface area (TPSA) is 50.3 Å². The number of anilines is 3. The van der Waals surface area contributed by atoms with Gasteiger partial charge in [-0.15, -0.1) is 11.3 Å². The minimum atomic E-state index is 0.662. The lowest BCUT2D eigenvalue weighted by atomic mass is 10.1. The molecule has 1 N–H and O–H groups in total. The van der Waals surface area contributed by atoms with Crippen LogP contribution in [0, 0.1) is 0 Å². The lowest BCUT2D eigenvalue weighted by Gasteiger charge is -2.21. The predicted molar refractivity (Wildman–Crippen MR) is 127 cm³/mol. The Kier molecular flexibility index (Phi) is 6.14. The van der Waals surface area contributed by atoms with Crippen molar-refractivity contribution in [2.75, 3.05) is 29.9 Å². The van der Waals surface area contributed by atoms with Crippen molar-refractivity contribution in [1.29, 1.82) is 0 Å². The van der Waals surface area contributed by atoms with Crippen LogP contribution in [0.2, 0.25) is 0 Å². The number of nitrogens with zero attached hydrogens (tertiary/aromatic N) is 3. The molecule has 30 heavy (non-hydrogen) atoms. The molecule has 2 heterocycles. The van der Waals surface area contributed by atoms with Crippen molar-refractivity contribution >= 4 is 38.7 Å². The fourth-order valence-electron chi connectivity index (χ4n) is 3.56. The quantitative estimate of drug-likeness (QED) is 0.361. The lowest BCUT2D eigenvalue weighted by Crippen LogP contribution is -2.21. The second kappa shape index (κ2) is 9.13. The van der Waals surface area contributed by atoms with Gasteiger partial charge in [0.1, 0.15) is 22.7 Å². The minimum absolute atomic E-state index is 0.662. The number of hydrogen-bond acceptors (Lipinski definition) is 6. The van der Waals surface area contributed by atoms with E-state index < -0.39 is 0 Å². The Morgan fingerprint density at radius 2 is 1.67 bits per heavy atom. The zero-order valence-corrected chi connectivity index (χ0v) is 18.4. The Morgan fingerprint density at radius 1 is 0.933 bits per heavy atom. The summed E-state index contributed by atoms with van der Waals surface area (Å²) in [4.78, 5) is 12.3. The Morgan fingerprint density at radius 3 is 2.33 bits per heavy atom. The van der Waals surface area contributed by atoms with Crippen LogP contribution in [0.3, 0.4) is 0 Å². The first-order valence-electron chi connectivity index (χ1n) is 10.3. The van der Waals surface area contributed by atoms with Gasteiger partial charge in [-0.05, 0) is 62.7 Å². The van der Waals surface area contributed by atoms with Gasteiger partial charge in [0, 0.05) is 35.4 Å². The number of nitrogens with one attached hydrogen (secondary N) is 1. The maximum Gasteiger partial charge on any atom is 0.143 e. The van der Waals surface area contributed by atoms with Gasteiger partial charge in [0.15, 0.2) is 0 Å². The summed E-state index contributed by atoms with van der Waals surface area (Å²) in [7, 11) is 0. The first-order valence-corrected chi connectivity index (χ1v) is 11.2. The van der Waals surface area contributed by atoms with Gasteiger partial charge in [0.2, 0.25) is 0 Å². The van der Waals surface area contributed by atoms with E-state index in [0.29, 0.717) is 6.61 Å². The summed E-state index contributed by atoms with van der Waals surface area (Å²) >= 11 is 1.63. The average Bonchev–Trinajstić information content (AvgIpc) is 3.22. The molecule has 0 saturated heterocycles. The Balaban J connectivity index is 1.66. The third kappa shape index (κ3) is 4.09. The van der Waals surface area contributed by atoms with E-state index >= 15 is 0 Å². The Bertz CT molecular complexity index is 1100. The zero-order valence-electron chi connectivity index (χ0n) is 17.6. The summed E-state index contributed by atoms with van der Waals surface area (Å²) in [5.41, 5.74) is 4.49. The van der Waals surface area contributed by atoms with Gasteiger partial charge in [-0.1, -0.05) is 12.1 Å². The van der Waals surface area contributed by atoms with Gasteiger partial charge in [0.25, 0.3) is 0 Å². The smallest absolute Gasteiger partial charge is 0.143 e. The van der Waals surface area contributed by atoms with Gasteiger partial charge in [0.05, 0.1) is 12.0 Å². The molecule has 5 nitrogen and oxygen atoms in total. The highest BCUT2D eigenvalue weighted by molar-refractivity contribution is 7.17. The SMILES string of the molecule is CCOc1ccc(-c2csc3ncnc(Nc4ccc(N(CC)CC)cc4)c23)cc1. The van der Waals surface area contributed by atoms with Crippen molar-refractivity contribution in [3.05, 3.63) is 60.2 Å². The molecule has 0 atom stereocenters. The van der Waals surface area contributed by atoms with Gasteiger partial charge in [-0.3, -0.25) is 0 Å². The number of fused-ring (bicyclic) bond motifs is 1. The van der Waals surface area contributed by atoms with E-state index in [1.54, 1.807) is 17.7 Å². The molecule has 4 aromatic rings. The molecule has 154 valence electrons. The number of benzene rings is 2. The summed E-state index contributed by atoms with van der Waals surface area (Å²) in [6.07, 6.45) is 1.62. The van der Waals surface area contributed by atoms with Crippen molar-refractivity contribution < 1.29 is 4.74 Å². The number of rotatable bonds is 8. The van der Waals surface area contributed by atoms with Gasteiger partial charge in [-0.25, -0.2) is 9.97 Å². The van der Waals surface area contributed by atoms with Crippen LogP contribution in [0.4, 0.5) is 17.2 Å². The highest BCUT2D eigenvalue weighted by atomic mass is 32.1. The molecular weight excluding hydrogens is 392 g/mol. The van der Waals surface area contributed by atoms with Crippen LogP contribution in [0.15, 0.2) is 60.2 Å². The fourth-order valence-corrected chi connectivity index (χ4v) is 4.48. The first kappa shape index (κ1) is 20.2. The van der Waals surface area contributed by atoms with Crippen LogP contribution in [0.1, 0.15) is 20.8 Å². The molecule has 0 saturated carbocycles. The minimum Gasteiger partial charge on any atom is -0.494 e. The van der Waals surface area contributed by atoms with Crippen molar-refractivity contribution in [1.82, 2.24) is 9.97 Å². The molecule has 0 aliphatic carbocycles. The van der Waals surface area contributed by atoms with E-state index in [-0.39, 0.29) is 0 Å². The largest absolute Gasteiger partial charge is 0.494 e. The van der Waals surface area contributed by atoms with Gasteiger partial charge < -0.3 is 15.0 Å². The Labute approximate surface area is 181 Å². The first-order chi connectivity index (χ1) is 14.7. The second-order valence-corrected chi connectivity index (χ2v) is 7.71. The normalized spacial score (nSPS) is 10.9. The van der Waals surface area contributed by atoms with Gasteiger partial charge in [-0.2, -0.15) is 0 Å². The van der Waals surface area contributed by atoms with Crippen molar-refractivity contribution in [2.45, 2.75) is 20.8 Å². The van der Waals surface area contributed by atoms with Gasteiger partial charge >= 0.3 is 0 Å². The molecule has 2 aromatic carbocycles. The summed E-state index contributed by atoms with van der Waals surface area (Å²) in [5.74, 6) is 1.70. The molecule has 4 rings (SSSR count). The molecule has 0 aliphatic rings. The molecule has 6 heteroatoms. The van der Waals surface area contributed by atoms with E-state index in [2.05, 4.69) is 75.8 Å². The molecule has 0 spiro atoms. The van der Waals surface area contributed by atoms with Crippen LogP contribution in [0.25, 0.3) is 21.3 Å². The summed E-state index contributed by atoms with van der Waals surface area (Å²) in [6.45, 7) is 8.99. The maximum absolute atomic E-state index is 5.57. The fraction of sp³-hybridized carbons (Fsp3) is 0.250. The lowest BCUT2D eigenvalue weighted by molar-refractivity contribution is 0.340. The van der Waals surface area contributed by atoms with Crippen molar-refractivity contribution in [3.8, 4) is 16.9 Å². The third-order valence-corrected chi connectivity index (χ3v) is 5.99. The van der Waals surface area contributed by atoms with E-state index in [1.807, 2.05) is 19.1 Å². The highest BCUT2D eigenvalue weighted by Gasteiger charge is 2.14. The van der Waals surface area contributed by atoms with Crippen LogP contribution in [-0.4, -0.2) is 29.7 Å². The summed E-state index contributed by atoms with van der Waals surface area (Å²) < 4.78 is 5.57. The zero-order chi connectivity index (χ0) is 20.9. The number of ether oxygens (including phenoxy) is 1. The molecule has 0 unspecified atom stereocenters. The average molecular weight is 419 g/mol. The van der Waals surface area contributed by atoms with Crippen LogP contribution >= 0.6 is 11.3 Å². The van der Waals surface area contributed by atoms with Crippen LogP contribution in [0.5, 0.6) is 5.75 Å². The molecule has 0 fully saturated rings. The van der Waals surface area contributed by atoms with E-state index in [0.717, 1.165) is 51.7 Å². The molecule has 0 amide bonds. The van der Waals surface area contributed by atoms with Crippen molar-refractivity contribution in [2.24, 2.45) is 0 Å². The number of hydrogen-bond donors (Lipinski definition) is 1. The number of aromatic nitrogens is 2. The number of thiophene rings is 1. The summed E-state index contributed by atoms with van der Waals surface area (Å²) in [5, 5.41) is 6.67. The molecule has 2 aromatic heterocycles. The van der Waals surface area contributed by atoms with Crippen molar-refractivity contribution in [3.63, 3.8) is 0 Å². The van der Waals surface area contributed by atoms with Crippen LogP contribution < -0.4 is 15.0 Å². The molecule has 0 bridgehead atoms. The van der Waals surface area contributed by atoms with Crippen LogP contribution in [-0.2, 0) is 0 Å². The van der Waals surface area contributed by atoms with E-state index in [4.69, 9.17) is 4.74 Å². The predicted octanol–water partition coefficient (Wildman–Crippen LogP) is 6.35. The van der Waals surface area contributed by atoms with E-state index in [9.17, 15) is 0 Å². The Hall–Kier alpha value is -3.12. The second-order valence-electron chi connectivity index (χ2n) is 6.85. The highest BCUT2D eigenvalue weighted by Crippen LogP contribution is 2.38. The maximum atomic E-state index is 5.57. The molecule has 0 aliphatic heterocycles. The standard InChI is InChI=1S/C24H26N4OS/c1-4-28(5-2)19-11-9-18(10-12-19)27-23-22-21(15-30-24(22)26-16-25-23)17-7-13-20(14-8-17)29-6-3/h7-16H,4-6H2,1-3H3,(H,25,26,27). The summed E-state index contributed by atoms with van der Waals surface area (Å²) in [6, 6.07) is 16.7. The third-order valence-electron chi connectivity index (χ3n) is 5.11. The molecule has 0 radical (unpaired) electrons. The molecular formula is C24H26N4OS. The van der Waals surface area contributed by atoms with E-state index in [1.165, 1.54) is 5.69 Å².